The molecule has 1 aliphatic heterocycles. The molecule has 2 aromatic rings. The molecule has 1 atom stereocenters. The summed E-state index contributed by atoms with van der Waals surface area (Å²) < 4.78 is 63.6. The van der Waals surface area contributed by atoms with Crippen LogP contribution < -0.4 is 14.4 Å². The lowest BCUT2D eigenvalue weighted by molar-refractivity contribution is -0.122. The molecule has 0 unspecified atom stereocenters. The summed E-state index contributed by atoms with van der Waals surface area (Å²) in [5, 5.41) is 3.16. The summed E-state index contributed by atoms with van der Waals surface area (Å²) in [6.07, 6.45) is 1.30. The minimum absolute atomic E-state index is 0.109. The van der Waals surface area contributed by atoms with E-state index in [1.165, 1.54) is 16.4 Å². The Balaban J connectivity index is 1.56. The van der Waals surface area contributed by atoms with Gasteiger partial charge in [0.05, 0.1) is 36.6 Å². The topological polar surface area (TPSA) is 122 Å². The van der Waals surface area contributed by atoms with Crippen LogP contribution in [0.5, 0.6) is 5.75 Å². The third kappa shape index (κ3) is 7.10. The second-order valence-electron chi connectivity index (χ2n) is 8.09. The molecule has 198 valence electrons. The number of hydrogen-bond acceptors (Lipinski definition) is 7. The highest BCUT2D eigenvalue weighted by Gasteiger charge is 2.31. The molecule has 3 rings (SSSR count). The van der Waals surface area contributed by atoms with Crippen molar-refractivity contribution in [1.29, 1.82) is 0 Å². The number of carbonyl (C=O) groups is 1. The number of sulfonamides is 2. The van der Waals surface area contributed by atoms with E-state index in [1.807, 2.05) is 0 Å². The van der Waals surface area contributed by atoms with Gasteiger partial charge in [-0.15, -0.1) is 0 Å². The number of amides is 1. The quantitative estimate of drug-likeness (QED) is 0.418. The van der Waals surface area contributed by atoms with E-state index in [0.717, 1.165) is 10.6 Å². The summed E-state index contributed by atoms with van der Waals surface area (Å²) in [6.45, 7) is 3.32. The molecular formula is C23H30ClN3O7S2. The number of anilines is 1. The van der Waals surface area contributed by atoms with Crippen LogP contribution in [0.25, 0.3) is 0 Å². The SMILES string of the molecule is CC[C@H](C(=O)NCCOc1ccc(S(=O)(=O)N2CCOCC2)cc1)N(c1ccc(Cl)cc1)S(C)(=O)=O. The van der Waals surface area contributed by atoms with E-state index in [0.29, 0.717) is 42.8 Å². The first-order valence-electron chi connectivity index (χ1n) is 11.4. The lowest BCUT2D eigenvalue weighted by Gasteiger charge is -2.30. The monoisotopic (exact) mass is 559 g/mol. The molecule has 0 radical (unpaired) electrons. The van der Waals surface area contributed by atoms with Crippen LogP contribution in [-0.2, 0) is 29.6 Å². The van der Waals surface area contributed by atoms with Crippen molar-refractivity contribution < 1.29 is 31.1 Å². The number of rotatable bonds is 11. The Labute approximate surface area is 217 Å². The van der Waals surface area contributed by atoms with E-state index >= 15 is 0 Å². The summed E-state index contributed by atoms with van der Waals surface area (Å²) in [5.41, 5.74) is 0.340. The molecule has 0 saturated carbocycles. The molecule has 1 fully saturated rings. The Bertz CT molecular complexity index is 1230. The molecule has 0 aromatic heterocycles. The van der Waals surface area contributed by atoms with Gasteiger partial charge in [-0.25, -0.2) is 16.8 Å². The third-order valence-electron chi connectivity index (χ3n) is 5.51. The number of benzene rings is 2. The number of nitrogens with zero attached hydrogens (tertiary/aromatic N) is 2. The predicted molar refractivity (Wildman–Crippen MR) is 137 cm³/mol. The molecule has 0 bridgehead atoms. The average Bonchev–Trinajstić information content (AvgIpc) is 2.86. The van der Waals surface area contributed by atoms with Crippen molar-refractivity contribution in [2.75, 3.05) is 50.0 Å². The van der Waals surface area contributed by atoms with Crippen LogP contribution in [0.4, 0.5) is 5.69 Å². The highest BCUT2D eigenvalue weighted by Crippen LogP contribution is 2.24. The lowest BCUT2D eigenvalue weighted by atomic mass is 10.2. The first-order valence-corrected chi connectivity index (χ1v) is 15.0. The smallest absolute Gasteiger partial charge is 0.244 e. The van der Waals surface area contributed by atoms with E-state index in [2.05, 4.69) is 5.32 Å². The molecule has 2 aromatic carbocycles. The van der Waals surface area contributed by atoms with Crippen molar-refractivity contribution in [3.05, 3.63) is 53.6 Å². The zero-order valence-corrected chi connectivity index (χ0v) is 22.5. The Morgan fingerprint density at radius 1 is 1.08 bits per heavy atom. The number of carbonyl (C=O) groups excluding carboxylic acids is 1. The molecule has 0 spiro atoms. The number of hydrogen-bond donors (Lipinski definition) is 1. The maximum absolute atomic E-state index is 12.8. The van der Waals surface area contributed by atoms with Crippen molar-refractivity contribution in [3.8, 4) is 5.75 Å². The molecular weight excluding hydrogens is 530 g/mol. The summed E-state index contributed by atoms with van der Waals surface area (Å²) in [7, 11) is -7.34. The fourth-order valence-electron chi connectivity index (χ4n) is 3.75. The summed E-state index contributed by atoms with van der Waals surface area (Å²) in [6, 6.07) is 11.3. The van der Waals surface area contributed by atoms with Crippen molar-refractivity contribution in [2.24, 2.45) is 0 Å². The minimum Gasteiger partial charge on any atom is -0.492 e. The van der Waals surface area contributed by atoms with E-state index in [9.17, 15) is 21.6 Å². The molecule has 10 nitrogen and oxygen atoms in total. The van der Waals surface area contributed by atoms with Gasteiger partial charge in [0.1, 0.15) is 18.4 Å². The predicted octanol–water partition coefficient (Wildman–Crippen LogP) is 2.10. The van der Waals surface area contributed by atoms with E-state index < -0.39 is 32.0 Å². The number of morpholine rings is 1. The summed E-state index contributed by atoms with van der Waals surface area (Å²) in [4.78, 5) is 13.0. The van der Waals surface area contributed by atoms with E-state index in [1.54, 1.807) is 43.3 Å². The van der Waals surface area contributed by atoms with Gasteiger partial charge < -0.3 is 14.8 Å². The first-order chi connectivity index (χ1) is 17.0. The molecule has 1 amide bonds. The van der Waals surface area contributed by atoms with Gasteiger partial charge in [0.15, 0.2) is 0 Å². The Hall–Kier alpha value is -2.38. The molecule has 1 heterocycles. The van der Waals surface area contributed by atoms with Gasteiger partial charge >= 0.3 is 0 Å². The second-order valence-corrected chi connectivity index (χ2v) is 12.3. The molecule has 1 aliphatic rings. The summed E-state index contributed by atoms with van der Waals surface area (Å²) in [5.74, 6) is -0.0235. The highest BCUT2D eigenvalue weighted by atomic mass is 35.5. The van der Waals surface area contributed by atoms with Gasteiger partial charge in [-0.3, -0.25) is 9.10 Å². The van der Waals surface area contributed by atoms with E-state index in [-0.39, 0.29) is 24.5 Å². The fraction of sp³-hybridized carbons (Fsp3) is 0.435. The maximum Gasteiger partial charge on any atom is 0.244 e. The minimum atomic E-state index is -3.75. The van der Waals surface area contributed by atoms with Crippen molar-refractivity contribution in [1.82, 2.24) is 9.62 Å². The number of nitrogens with one attached hydrogen (secondary N) is 1. The van der Waals surface area contributed by atoms with Gasteiger partial charge in [0, 0.05) is 18.1 Å². The average molecular weight is 560 g/mol. The molecule has 0 aliphatic carbocycles. The Morgan fingerprint density at radius 2 is 1.69 bits per heavy atom. The van der Waals surface area contributed by atoms with Crippen LogP contribution in [0.3, 0.4) is 0 Å². The Kier molecular flexibility index (Phi) is 9.59. The lowest BCUT2D eigenvalue weighted by Crippen LogP contribution is -2.50. The van der Waals surface area contributed by atoms with Crippen LogP contribution in [-0.4, -0.2) is 78.8 Å². The molecule has 13 heteroatoms. The van der Waals surface area contributed by atoms with Gasteiger partial charge in [-0.1, -0.05) is 18.5 Å². The van der Waals surface area contributed by atoms with Crippen LogP contribution in [0, 0.1) is 0 Å². The van der Waals surface area contributed by atoms with Gasteiger partial charge in [-0.05, 0) is 55.0 Å². The van der Waals surface area contributed by atoms with Gasteiger partial charge in [0.25, 0.3) is 0 Å². The number of halogens is 1. The normalized spacial score (nSPS) is 15.8. The largest absolute Gasteiger partial charge is 0.492 e. The van der Waals surface area contributed by atoms with Crippen LogP contribution in [0.2, 0.25) is 5.02 Å². The van der Waals surface area contributed by atoms with Crippen molar-refractivity contribution in [2.45, 2.75) is 24.3 Å². The second kappa shape index (κ2) is 12.2. The fourth-order valence-corrected chi connectivity index (χ4v) is 6.50. The van der Waals surface area contributed by atoms with Crippen LogP contribution >= 0.6 is 11.6 Å². The van der Waals surface area contributed by atoms with Crippen molar-refractivity contribution in [3.63, 3.8) is 0 Å². The molecule has 1 saturated heterocycles. The van der Waals surface area contributed by atoms with Crippen molar-refractivity contribution >= 4 is 43.2 Å². The van der Waals surface area contributed by atoms with Gasteiger partial charge in [-0.2, -0.15) is 4.31 Å². The molecule has 36 heavy (non-hydrogen) atoms. The zero-order valence-electron chi connectivity index (χ0n) is 20.1. The Morgan fingerprint density at radius 3 is 2.25 bits per heavy atom. The number of ether oxygens (including phenoxy) is 2. The van der Waals surface area contributed by atoms with Crippen LogP contribution in [0.15, 0.2) is 53.4 Å². The third-order valence-corrected chi connectivity index (χ3v) is 8.86. The van der Waals surface area contributed by atoms with Crippen LogP contribution in [0.1, 0.15) is 13.3 Å². The standard InChI is InChI=1S/C23H30ClN3O7S2/c1-3-22(27(35(2,29)30)19-6-4-18(24)5-7-19)23(28)25-12-15-34-20-8-10-21(11-9-20)36(31,32)26-13-16-33-17-14-26/h4-11,22H,3,12-17H2,1-2H3,(H,25,28)/t22-/m1/s1. The zero-order chi connectivity index (χ0) is 26.3. The molecule has 1 N–H and O–H groups in total. The van der Waals surface area contributed by atoms with Gasteiger partial charge in [0.2, 0.25) is 26.0 Å². The van der Waals surface area contributed by atoms with E-state index in [4.69, 9.17) is 21.1 Å². The maximum atomic E-state index is 12.8. The first kappa shape index (κ1) is 28.2. The highest BCUT2D eigenvalue weighted by molar-refractivity contribution is 7.92. The summed E-state index contributed by atoms with van der Waals surface area (Å²) >= 11 is 5.91.